The second-order valence-corrected chi connectivity index (χ2v) is 28.8. The summed E-state index contributed by atoms with van der Waals surface area (Å²) < 4.78 is 2.41. The van der Waals surface area contributed by atoms with E-state index in [1.165, 1.54) is 49.8 Å². The molecular formula is C104H68BN7. The van der Waals surface area contributed by atoms with E-state index in [4.69, 9.17) is 19.9 Å². The van der Waals surface area contributed by atoms with E-state index in [1.54, 1.807) is 0 Å². The van der Waals surface area contributed by atoms with Crippen molar-refractivity contribution < 1.29 is 0 Å². The Balaban J connectivity index is 0.818. The summed E-state index contributed by atoms with van der Waals surface area (Å²) >= 11 is 0. The smallest absolute Gasteiger partial charge is 0.252 e. The standard InChI is InChI=1S/C104H68BN7/c1-9-28-69(29-10-1)73-48-55-83(56-49-73)110-96-60-53-80(71-32-13-3-14-33-71)63-88(96)105-89-64-81(72-34-15-4-16-35-72)54-61-97(89)111(84-57-50-74(51-58-84)70-30-11-2-12-31-70)100-66-82(65-99(110)102(100)105)79-52-59-95-87(62-79)85-44-25-26-46-94(85)112(95)98-47-27-45-86(103-106-90(75-36-17-5-18-37-75)67-91(107-103)76-38-19-6-20-39-76)101(98)104-108-92(77-40-21-7-22-41-77)68-93(109-104)78-42-23-8-24-43-78/h1-68H. The van der Waals surface area contributed by atoms with Crippen molar-refractivity contribution in [2.45, 2.75) is 0 Å². The van der Waals surface area contributed by atoms with Gasteiger partial charge in [0.05, 0.1) is 45.1 Å². The van der Waals surface area contributed by atoms with Crippen molar-refractivity contribution >= 4 is 79.0 Å². The van der Waals surface area contributed by atoms with Crippen molar-refractivity contribution in [3.63, 3.8) is 0 Å². The van der Waals surface area contributed by atoms with Crippen molar-refractivity contribution in [1.29, 1.82) is 0 Å². The molecule has 16 aromatic carbocycles. The van der Waals surface area contributed by atoms with Gasteiger partial charge in [-0.25, -0.2) is 19.9 Å². The van der Waals surface area contributed by atoms with Crippen LogP contribution in [0, 0.1) is 0 Å². The Morgan fingerprint density at radius 2 is 0.545 bits per heavy atom. The summed E-state index contributed by atoms with van der Waals surface area (Å²) in [6.45, 7) is -0.182. The molecule has 2 aliphatic rings. The fourth-order valence-electron chi connectivity index (χ4n) is 16.9. The lowest BCUT2D eigenvalue weighted by Crippen LogP contribution is -2.61. The Bertz CT molecular complexity index is 6450. The van der Waals surface area contributed by atoms with Crippen molar-refractivity contribution in [3.05, 3.63) is 413 Å². The number of nitrogens with zero attached hydrogens (tertiary/aromatic N) is 7. The van der Waals surface area contributed by atoms with E-state index in [0.29, 0.717) is 11.6 Å². The number of anilines is 6. The molecule has 21 rings (SSSR count). The van der Waals surface area contributed by atoms with Crippen LogP contribution in [-0.2, 0) is 0 Å². The minimum absolute atomic E-state index is 0.182. The molecule has 0 amide bonds. The van der Waals surface area contributed by atoms with Crippen molar-refractivity contribution in [1.82, 2.24) is 24.5 Å². The van der Waals surface area contributed by atoms with Crippen molar-refractivity contribution in [3.8, 4) is 129 Å². The number of hydrogen-bond donors (Lipinski definition) is 0. The van der Waals surface area contributed by atoms with Crippen LogP contribution in [0.15, 0.2) is 413 Å². The maximum atomic E-state index is 5.66. The van der Waals surface area contributed by atoms with Crippen LogP contribution in [0.25, 0.3) is 151 Å². The maximum absolute atomic E-state index is 5.66. The van der Waals surface area contributed by atoms with Gasteiger partial charge in [0, 0.05) is 72.7 Å². The largest absolute Gasteiger partial charge is 0.311 e. The van der Waals surface area contributed by atoms with Gasteiger partial charge in [0.1, 0.15) is 0 Å². The first-order chi connectivity index (χ1) is 55.5. The molecule has 0 unspecified atom stereocenters. The average Bonchev–Trinajstić information content (AvgIpc) is 0.712. The zero-order chi connectivity index (χ0) is 74.0. The maximum Gasteiger partial charge on any atom is 0.252 e. The molecule has 0 bridgehead atoms. The van der Waals surface area contributed by atoms with Crippen LogP contribution in [0.3, 0.4) is 0 Å². The van der Waals surface area contributed by atoms with Gasteiger partial charge < -0.3 is 14.4 Å². The van der Waals surface area contributed by atoms with E-state index in [0.717, 1.165) is 140 Å². The number of hydrogen-bond acceptors (Lipinski definition) is 6. The van der Waals surface area contributed by atoms with Crippen LogP contribution >= 0.6 is 0 Å². The van der Waals surface area contributed by atoms with Gasteiger partial charge in [0.2, 0.25) is 0 Å². The third kappa shape index (κ3) is 11.6. The Morgan fingerprint density at radius 1 is 0.205 bits per heavy atom. The highest BCUT2D eigenvalue weighted by Gasteiger charge is 2.44. The Morgan fingerprint density at radius 3 is 0.973 bits per heavy atom. The molecule has 19 aromatic rings. The zero-order valence-corrected chi connectivity index (χ0v) is 61.0. The Hall–Kier alpha value is -14.9. The number of benzene rings is 16. The third-order valence-electron chi connectivity index (χ3n) is 22.2. The molecule has 0 aliphatic carbocycles. The molecule has 112 heavy (non-hydrogen) atoms. The van der Waals surface area contributed by atoms with Crippen LogP contribution in [0.5, 0.6) is 0 Å². The average molecular weight is 1430 g/mol. The molecule has 2 aliphatic heterocycles. The highest BCUT2D eigenvalue weighted by Crippen LogP contribution is 2.50. The fraction of sp³-hybridized carbons (Fsp3) is 0. The van der Waals surface area contributed by atoms with Gasteiger partial charge in [-0.2, -0.15) is 0 Å². The molecule has 0 saturated heterocycles. The topological polar surface area (TPSA) is 63.0 Å². The molecule has 8 heteroatoms. The van der Waals surface area contributed by atoms with E-state index in [-0.39, 0.29) is 6.71 Å². The lowest BCUT2D eigenvalue weighted by Gasteiger charge is -2.44. The van der Waals surface area contributed by atoms with Gasteiger partial charge in [-0.3, -0.25) is 0 Å². The summed E-state index contributed by atoms with van der Waals surface area (Å²) in [6.07, 6.45) is 0. The van der Waals surface area contributed by atoms with E-state index in [2.05, 4.69) is 403 Å². The molecule has 0 radical (unpaired) electrons. The normalized spacial score (nSPS) is 12.1. The molecule has 0 atom stereocenters. The summed E-state index contributed by atoms with van der Waals surface area (Å²) in [6, 6.07) is 149. The minimum Gasteiger partial charge on any atom is -0.311 e. The number of rotatable bonds is 14. The molecule has 0 fully saturated rings. The van der Waals surface area contributed by atoms with Crippen molar-refractivity contribution in [2.24, 2.45) is 0 Å². The summed E-state index contributed by atoms with van der Waals surface area (Å²) in [5.74, 6) is 1.09. The van der Waals surface area contributed by atoms with Crippen molar-refractivity contribution in [2.75, 3.05) is 9.80 Å². The van der Waals surface area contributed by atoms with Crippen LogP contribution in [-0.4, -0.2) is 31.2 Å². The monoisotopic (exact) mass is 1430 g/mol. The lowest BCUT2D eigenvalue weighted by molar-refractivity contribution is 1.12. The van der Waals surface area contributed by atoms with Gasteiger partial charge in [-0.1, -0.05) is 328 Å². The summed E-state index contributed by atoms with van der Waals surface area (Å²) in [5, 5.41) is 2.19. The number of fused-ring (bicyclic) bond motifs is 7. The molecule has 0 spiro atoms. The van der Waals surface area contributed by atoms with E-state index >= 15 is 0 Å². The second-order valence-electron chi connectivity index (χ2n) is 28.8. The minimum atomic E-state index is -0.182. The first kappa shape index (κ1) is 65.4. The number of aromatic nitrogens is 5. The Labute approximate surface area is 650 Å². The second kappa shape index (κ2) is 27.7. The fourth-order valence-corrected chi connectivity index (χ4v) is 16.9. The molecule has 3 aromatic heterocycles. The molecule has 7 nitrogen and oxygen atoms in total. The predicted molar refractivity (Wildman–Crippen MR) is 466 cm³/mol. The molecule has 0 N–H and O–H groups in total. The predicted octanol–water partition coefficient (Wildman–Crippen LogP) is 24.8. The van der Waals surface area contributed by atoms with Gasteiger partial charge in [-0.05, 0) is 157 Å². The van der Waals surface area contributed by atoms with E-state index < -0.39 is 0 Å². The van der Waals surface area contributed by atoms with Crippen LogP contribution < -0.4 is 26.2 Å². The molecule has 5 heterocycles. The van der Waals surface area contributed by atoms with Crippen LogP contribution in [0.2, 0.25) is 0 Å². The van der Waals surface area contributed by atoms with Gasteiger partial charge in [-0.15, -0.1) is 0 Å². The van der Waals surface area contributed by atoms with E-state index in [9.17, 15) is 0 Å². The molecule has 0 saturated carbocycles. The van der Waals surface area contributed by atoms with Crippen LogP contribution in [0.1, 0.15) is 0 Å². The first-order valence-corrected chi connectivity index (χ1v) is 38.2. The third-order valence-corrected chi connectivity index (χ3v) is 22.2. The highest BCUT2D eigenvalue weighted by atomic mass is 15.2. The summed E-state index contributed by atoms with van der Waals surface area (Å²) in [5.41, 5.74) is 33.4. The lowest BCUT2D eigenvalue weighted by atomic mass is 9.33. The Kier molecular flexibility index (Phi) is 16.2. The zero-order valence-electron chi connectivity index (χ0n) is 61.0. The van der Waals surface area contributed by atoms with E-state index in [1.807, 2.05) is 24.3 Å². The summed E-state index contributed by atoms with van der Waals surface area (Å²) in [7, 11) is 0. The SMILES string of the molecule is c1ccc(-c2ccc(N3c4ccc(-c5ccccc5)cc4B4c5cc(-c6ccccc6)ccc5N(c5ccc(-c6ccccc6)cc5)c5cc(-c6ccc7c(c6)c6ccccc6n7-c6cccc(-c7nc(-c8ccccc8)cc(-c8ccccc8)n7)c6-c6nc(-c7ccccc7)cc(-c7ccccc7)n6)cc3c54)cc2)cc1. The van der Waals surface area contributed by atoms with Gasteiger partial charge in [0.25, 0.3) is 6.71 Å². The number of para-hydroxylation sites is 1. The van der Waals surface area contributed by atoms with Gasteiger partial charge >= 0.3 is 0 Å². The molecular weight excluding hydrogens is 1360 g/mol. The van der Waals surface area contributed by atoms with Crippen LogP contribution in [0.4, 0.5) is 34.1 Å². The summed E-state index contributed by atoms with van der Waals surface area (Å²) in [4.78, 5) is 27.5. The first-order valence-electron chi connectivity index (χ1n) is 38.2. The highest BCUT2D eigenvalue weighted by molar-refractivity contribution is 7.00. The quantitative estimate of drug-likeness (QED) is 0.101. The molecule has 522 valence electrons. The van der Waals surface area contributed by atoms with Gasteiger partial charge in [0.15, 0.2) is 11.6 Å².